The highest BCUT2D eigenvalue weighted by atomic mass is 79.9. The van der Waals surface area contributed by atoms with E-state index in [1.807, 2.05) is 59.3 Å². The number of methoxy groups -OCH3 is 1. The average Bonchev–Trinajstić information content (AvgIpc) is 3.44. The number of amides is 1. The molecule has 0 aromatic heterocycles. The number of nitrogens with one attached hydrogen (secondary N) is 2. The number of halogens is 1. The Bertz CT molecular complexity index is 1370. The lowest BCUT2D eigenvalue weighted by Gasteiger charge is -2.26. The van der Waals surface area contributed by atoms with Gasteiger partial charge in [0.1, 0.15) is 23.9 Å². The minimum absolute atomic E-state index is 0.0271. The van der Waals surface area contributed by atoms with Gasteiger partial charge >= 0.3 is 5.97 Å². The van der Waals surface area contributed by atoms with Gasteiger partial charge in [-0.05, 0) is 92.6 Å². The Morgan fingerprint density at radius 1 is 1.12 bits per heavy atom. The fourth-order valence-electron chi connectivity index (χ4n) is 4.91. The van der Waals surface area contributed by atoms with Crippen molar-refractivity contribution in [2.45, 2.75) is 51.5 Å². The number of anilines is 1. The van der Waals surface area contributed by atoms with Crippen molar-refractivity contribution in [2.24, 2.45) is 0 Å². The molecule has 1 saturated carbocycles. The van der Waals surface area contributed by atoms with E-state index in [1.165, 1.54) is 24.1 Å². The minimum atomic E-state index is -0.976. The maximum absolute atomic E-state index is 13.3. The number of likely N-dealkylation sites (tertiary alicyclic amines) is 1. The summed E-state index contributed by atoms with van der Waals surface area (Å²) in [5, 5.41) is 16.1. The van der Waals surface area contributed by atoms with Crippen LogP contribution in [0.1, 0.15) is 54.9 Å². The molecule has 0 radical (unpaired) electrons. The molecule has 1 atom stereocenters. The Morgan fingerprint density at radius 3 is 2.55 bits per heavy atom. The van der Waals surface area contributed by atoms with Gasteiger partial charge in [-0.25, -0.2) is 4.79 Å². The smallest absolute Gasteiger partial charge is 0.335 e. The molecule has 1 heterocycles. The van der Waals surface area contributed by atoms with Crippen LogP contribution in [0.25, 0.3) is 0 Å². The zero-order valence-corrected chi connectivity index (χ0v) is 25.7. The minimum Gasteiger partial charge on any atom is -0.495 e. The topological polar surface area (TPSA) is 100 Å². The van der Waals surface area contributed by atoms with E-state index in [0.717, 1.165) is 48.5 Å². The summed E-state index contributed by atoms with van der Waals surface area (Å²) < 4.78 is 11.6. The first kappa shape index (κ1) is 31.0. The number of ether oxygens (including phenoxy) is 2. The van der Waals surface area contributed by atoms with E-state index in [9.17, 15) is 9.59 Å². The number of carbonyl (C=O) groups is 2. The number of allylic oxidation sites excluding steroid dienone is 5. The second-order valence-corrected chi connectivity index (χ2v) is 10.7. The molecule has 3 N–H and O–H groups in total. The summed E-state index contributed by atoms with van der Waals surface area (Å²) in [4.78, 5) is 28.1. The second kappa shape index (κ2) is 15.3. The third kappa shape index (κ3) is 8.28. The number of hydrogen-bond donors (Lipinski definition) is 3. The van der Waals surface area contributed by atoms with Crippen LogP contribution in [-0.4, -0.2) is 48.2 Å². The van der Waals surface area contributed by atoms with Gasteiger partial charge in [0.2, 0.25) is 5.91 Å². The number of hydrogen-bond acceptors (Lipinski definition) is 6. The van der Waals surface area contributed by atoms with Crippen LogP contribution in [0.5, 0.6) is 11.5 Å². The van der Waals surface area contributed by atoms with Crippen LogP contribution in [0.4, 0.5) is 5.69 Å². The molecule has 2 aliphatic rings. The fraction of sp³-hybridized carbons (Fsp3) is 0.333. The molecule has 1 unspecified atom stereocenters. The highest BCUT2D eigenvalue weighted by Gasteiger charge is 2.29. The number of carbonyl (C=O) groups excluding carboxylic acids is 1. The standard InChI is InChI=1S/C33H38BrN3O5/c1-3-4-5-10-26(21-34)35-32(24-8-6-9-24)36-29-17-12-23(19-30(29)41-2)20-31(38)37-18-7-11-27(37)22-42-28-15-13-25(14-16-28)33(39)40/h3-5,10,12-17,19,21,27,35-36H,6-9,11,18,20,22H2,1-2H3,(H,39,40)/b4-3-,10-5-,26-21-. The van der Waals surface area contributed by atoms with Crippen LogP contribution in [-0.2, 0) is 11.2 Å². The number of aromatic carboxylic acids is 1. The summed E-state index contributed by atoms with van der Waals surface area (Å²) in [6.07, 6.45) is 13.2. The summed E-state index contributed by atoms with van der Waals surface area (Å²) in [5.74, 6) is 1.27. The maximum atomic E-state index is 13.3. The van der Waals surface area contributed by atoms with Crippen LogP contribution in [0.15, 0.2) is 88.8 Å². The van der Waals surface area contributed by atoms with E-state index in [4.69, 9.17) is 14.6 Å². The molecule has 9 heteroatoms. The van der Waals surface area contributed by atoms with Crippen molar-refractivity contribution in [3.8, 4) is 11.5 Å². The lowest BCUT2D eigenvalue weighted by atomic mass is 9.92. The molecule has 1 aliphatic heterocycles. The van der Waals surface area contributed by atoms with Crippen LogP contribution < -0.4 is 20.1 Å². The normalized spacial score (nSPS) is 16.9. The van der Waals surface area contributed by atoms with E-state index in [-0.39, 0.29) is 23.9 Å². The van der Waals surface area contributed by atoms with Gasteiger partial charge in [0.25, 0.3) is 0 Å². The van der Waals surface area contributed by atoms with Crippen LogP contribution in [0.3, 0.4) is 0 Å². The van der Waals surface area contributed by atoms with Crippen molar-refractivity contribution in [1.82, 2.24) is 10.2 Å². The maximum Gasteiger partial charge on any atom is 0.335 e. The zero-order valence-electron chi connectivity index (χ0n) is 24.1. The Hall–Kier alpha value is -3.98. The first-order chi connectivity index (χ1) is 20.4. The van der Waals surface area contributed by atoms with Gasteiger partial charge in [-0.2, -0.15) is 0 Å². The Kier molecular flexibility index (Phi) is 11.3. The lowest BCUT2D eigenvalue weighted by molar-refractivity contribution is -0.131. The van der Waals surface area contributed by atoms with Crippen molar-refractivity contribution in [3.05, 3.63) is 100.0 Å². The molecule has 2 aromatic rings. The second-order valence-electron chi connectivity index (χ2n) is 10.3. The lowest BCUT2D eigenvalue weighted by Crippen LogP contribution is -2.39. The molecule has 42 heavy (non-hydrogen) atoms. The summed E-state index contributed by atoms with van der Waals surface area (Å²) in [5.41, 5.74) is 4.14. The first-order valence-electron chi connectivity index (χ1n) is 14.2. The van der Waals surface area contributed by atoms with Crippen LogP contribution in [0, 0.1) is 0 Å². The largest absolute Gasteiger partial charge is 0.495 e. The molecule has 2 fully saturated rings. The molecule has 8 nitrogen and oxygen atoms in total. The summed E-state index contributed by atoms with van der Waals surface area (Å²) in [6.45, 7) is 3.03. The average molecular weight is 637 g/mol. The third-order valence-corrected chi connectivity index (χ3v) is 7.89. The zero-order chi connectivity index (χ0) is 29.9. The van der Waals surface area contributed by atoms with Crippen molar-refractivity contribution in [2.75, 3.05) is 25.6 Å². The number of rotatable bonds is 13. The summed E-state index contributed by atoms with van der Waals surface area (Å²) >= 11 is 3.45. The third-order valence-electron chi connectivity index (χ3n) is 7.40. The molecule has 2 aromatic carbocycles. The van der Waals surface area contributed by atoms with Gasteiger partial charge in [0, 0.05) is 17.2 Å². The molecule has 0 bridgehead atoms. The van der Waals surface area contributed by atoms with Crippen LogP contribution >= 0.6 is 15.9 Å². The predicted octanol–water partition coefficient (Wildman–Crippen LogP) is 6.77. The van der Waals surface area contributed by atoms with E-state index in [1.54, 1.807) is 19.2 Å². The number of nitrogens with zero attached hydrogens (tertiary/aromatic N) is 1. The SMILES string of the molecule is C\C=C/C=C\C(=C\Br)NC(Nc1ccc(CC(=O)N2CCCC2COc2ccc(C(=O)O)cc2)cc1OC)=C1CCC1. The Labute approximate surface area is 255 Å². The number of carboxylic acid groups (broad SMARTS) is 1. The summed E-state index contributed by atoms with van der Waals surface area (Å²) in [7, 11) is 1.64. The fourth-order valence-corrected chi connectivity index (χ4v) is 5.18. The Balaban J connectivity index is 1.39. The van der Waals surface area contributed by atoms with Gasteiger partial charge in [-0.15, -0.1) is 0 Å². The first-order valence-corrected chi connectivity index (χ1v) is 15.1. The number of benzene rings is 2. The molecular formula is C33H38BrN3O5. The van der Waals surface area contributed by atoms with Gasteiger partial charge in [0.15, 0.2) is 0 Å². The van der Waals surface area contributed by atoms with E-state index in [0.29, 0.717) is 24.7 Å². The van der Waals surface area contributed by atoms with Gasteiger partial charge in [0.05, 0.1) is 30.8 Å². The van der Waals surface area contributed by atoms with E-state index >= 15 is 0 Å². The van der Waals surface area contributed by atoms with Crippen LogP contribution in [0.2, 0.25) is 0 Å². The van der Waals surface area contributed by atoms with Crippen molar-refractivity contribution in [3.63, 3.8) is 0 Å². The van der Waals surface area contributed by atoms with Crippen molar-refractivity contribution < 1.29 is 24.2 Å². The van der Waals surface area contributed by atoms with Gasteiger partial charge in [-0.1, -0.05) is 40.2 Å². The molecule has 0 spiro atoms. The molecule has 1 amide bonds. The highest BCUT2D eigenvalue weighted by Crippen LogP contribution is 2.32. The molecule has 4 rings (SSSR count). The van der Waals surface area contributed by atoms with Crippen molar-refractivity contribution >= 4 is 33.5 Å². The predicted molar refractivity (Wildman–Crippen MR) is 169 cm³/mol. The molecule has 1 saturated heterocycles. The molecule has 222 valence electrons. The highest BCUT2D eigenvalue weighted by molar-refractivity contribution is 9.11. The molecular weight excluding hydrogens is 598 g/mol. The quantitative estimate of drug-likeness (QED) is 0.209. The summed E-state index contributed by atoms with van der Waals surface area (Å²) in [6, 6.07) is 12.1. The molecule has 1 aliphatic carbocycles. The monoisotopic (exact) mass is 635 g/mol. The van der Waals surface area contributed by atoms with E-state index < -0.39 is 5.97 Å². The Morgan fingerprint density at radius 2 is 1.90 bits per heavy atom. The van der Waals surface area contributed by atoms with Gasteiger partial charge in [-0.3, -0.25) is 4.79 Å². The number of carboxylic acids is 1. The van der Waals surface area contributed by atoms with Gasteiger partial charge < -0.3 is 30.1 Å². The van der Waals surface area contributed by atoms with Crippen molar-refractivity contribution in [1.29, 1.82) is 0 Å². The van der Waals surface area contributed by atoms with E-state index in [2.05, 4.69) is 26.6 Å².